The molecule has 0 saturated carbocycles. The number of hydrogen-bond acceptors (Lipinski definition) is 4. The largest absolute Gasteiger partial charge is 0.491 e. The number of ether oxygens (including phenoxy) is 1. The second-order valence-corrected chi connectivity index (χ2v) is 2.81. The van der Waals surface area contributed by atoms with E-state index in [4.69, 9.17) is 27.2 Å². The third kappa shape index (κ3) is 2.05. The van der Waals surface area contributed by atoms with Crippen molar-refractivity contribution in [2.45, 2.75) is 6.92 Å². The number of carboxylic acids is 1. The first-order valence-electron chi connectivity index (χ1n) is 3.88. The fraction of sp³-hybridized carbons (Fsp3) is 0.250. The van der Waals surface area contributed by atoms with Gasteiger partial charge in [-0.15, -0.1) is 0 Å². The standard InChI is InChI=1S/C8H9ClN2O3/c1-2-14-5-3-4(10)6(8(12)13)11-7(5)9/h3H,2,10H2,1H3,(H,12,13). The van der Waals surface area contributed by atoms with E-state index in [0.717, 1.165) is 0 Å². The maximum Gasteiger partial charge on any atom is 0.356 e. The molecule has 3 N–H and O–H groups in total. The number of carboxylic acid groups (broad SMARTS) is 1. The Balaban J connectivity index is 3.17. The number of aromatic carboxylic acids is 1. The molecule has 1 aromatic rings. The minimum atomic E-state index is -1.22. The number of hydrogen-bond donors (Lipinski definition) is 2. The lowest BCUT2D eigenvalue weighted by molar-refractivity contribution is 0.0691. The van der Waals surface area contributed by atoms with Crippen molar-refractivity contribution < 1.29 is 14.6 Å². The molecule has 1 heterocycles. The van der Waals surface area contributed by atoms with Gasteiger partial charge in [-0.25, -0.2) is 9.78 Å². The molecule has 0 bridgehead atoms. The number of halogens is 1. The lowest BCUT2D eigenvalue weighted by Crippen LogP contribution is -2.07. The highest BCUT2D eigenvalue weighted by atomic mass is 35.5. The minimum absolute atomic E-state index is 0.00144. The van der Waals surface area contributed by atoms with Crippen molar-refractivity contribution in [3.05, 3.63) is 16.9 Å². The van der Waals surface area contributed by atoms with Gasteiger partial charge >= 0.3 is 5.97 Å². The molecule has 0 radical (unpaired) electrons. The molecular formula is C8H9ClN2O3. The molecule has 6 heteroatoms. The minimum Gasteiger partial charge on any atom is -0.491 e. The molecule has 0 atom stereocenters. The van der Waals surface area contributed by atoms with E-state index in [1.807, 2.05) is 0 Å². The van der Waals surface area contributed by atoms with E-state index in [0.29, 0.717) is 6.61 Å². The van der Waals surface area contributed by atoms with Crippen LogP contribution in [-0.2, 0) is 0 Å². The maximum absolute atomic E-state index is 10.6. The van der Waals surface area contributed by atoms with E-state index >= 15 is 0 Å². The summed E-state index contributed by atoms with van der Waals surface area (Å²) in [5.41, 5.74) is 5.21. The lowest BCUT2D eigenvalue weighted by Gasteiger charge is -2.07. The van der Waals surface area contributed by atoms with Crippen molar-refractivity contribution in [2.24, 2.45) is 0 Å². The molecule has 0 aromatic carbocycles. The zero-order valence-corrected chi connectivity index (χ0v) is 8.21. The number of anilines is 1. The summed E-state index contributed by atoms with van der Waals surface area (Å²) in [6.45, 7) is 2.19. The fourth-order valence-electron chi connectivity index (χ4n) is 0.915. The van der Waals surface area contributed by atoms with Crippen LogP contribution in [0, 0.1) is 0 Å². The van der Waals surface area contributed by atoms with E-state index in [-0.39, 0.29) is 22.3 Å². The van der Waals surface area contributed by atoms with Gasteiger partial charge in [-0.05, 0) is 6.92 Å². The van der Waals surface area contributed by atoms with Gasteiger partial charge in [0.15, 0.2) is 16.6 Å². The van der Waals surface area contributed by atoms with E-state index in [1.54, 1.807) is 6.92 Å². The summed E-state index contributed by atoms with van der Waals surface area (Å²) >= 11 is 5.67. The van der Waals surface area contributed by atoms with Gasteiger partial charge in [0.2, 0.25) is 0 Å². The van der Waals surface area contributed by atoms with Gasteiger partial charge in [-0.3, -0.25) is 0 Å². The van der Waals surface area contributed by atoms with Gasteiger partial charge in [-0.2, -0.15) is 0 Å². The van der Waals surface area contributed by atoms with Crippen LogP contribution in [0.1, 0.15) is 17.4 Å². The molecule has 1 aromatic heterocycles. The predicted octanol–water partition coefficient (Wildman–Crippen LogP) is 1.41. The Bertz CT molecular complexity index is 368. The predicted molar refractivity (Wildman–Crippen MR) is 51.8 cm³/mol. The van der Waals surface area contributed by atoms with Crippen molar-refractivity contribution in [1.82, 2.24) is 4.98 Å². The molecule has 0 spiro atoms. The second kappa shape index (κ2) is 4.15. The van der Waals surface area contributed by atoms with Gasteiger partial charge in [-0.1, -0.05) is 11.6 Å². The Labute approximate surface area is 85.5 Å². The highest BCUT2D eigenvalue weighted by molar-refractivity contribution is 6.31. The van der Waals surface area contributed by atoms with Gasteiger partial charge in [0.05, 0.1) is 12.3 Å². The number of nitrogens with two attached hydrogens (primary N) is 1. The van der Waals surface area contributed by atoms with Crippen molar-refractivity contribution in [1.29, 1.82) is 0 Å². The van der Waals surface area contributed by atoms with Crippen LogP contribution in [0.5, 0.6) is 5.75 Å². The average Bonchev–Trinajstić information content (AvgIpc) is 2.10. The molecular weight excluding hydrogens is 208 g/mol. The molecule has 1 rings (SSSR count). The zero-order valence-electron chi connectivity index (χ0n) is 7.45. The number of nitrogen functional groups attached to an aromatic ring is 1. The molecule has 5 nitrogen and oxygen atoms in total. The first-order valence-corrected chi connectivity index (χ1v) is 4.26. The Kier molecular flexibility index (Phi) is 3.14. The molecule has 0 aliphatic heterocycles. The molecule has 0 saturated heterocycles. The molecule has 0 fully saturated rings. The number of nitrogens with zero attached hydrogens (tertiary/aromatic N) is 1. The SMILES string of the molecule is CCOc1cc(N)c(C(=O)O)nc1Cl. The molecule has 76 valence electrons. The number of carbonyl (C=O) groups is 1. The van der Waals surface area contributed by atoms with Crippen LogP contribution in [-0.4, -0.2) is 22.7 Å². The van der Waals surface area contributed by atoms with Crippen LogP contribution in [0.4, 0.5) is 5.69 Å². The summed E-state index contributed by atoms with van der Waals surface area (Å²) in [6, 6.07) is 1.35. The summed E-state index contributed by atoms with van der Waals surface area (Å²) in [5, 5.41) is 8.67. The van der Waals surface area contributed by atoms with Crippen molar-refractivity contribution in [3.8, 4) is 5.75 Å². The molecule has 0 unspecified atom stereocenters. The summed E-state index contributed by atoms with van der Waals surface area (Å²) < 4.78 is 5.08. The summed E-state index contributed by atoms with van der Waals surface area (Å²) in [7, 11) is 0. The molecule has 0 aliphatic carbocycles. The monoisotopic (exact) mass is 216 g/mol. The maximum atomic E-state index is 10.6. The van der Waals surface area contributed by atoms with Gasteiger partial charge < -0.3 is 15.6 Å². The molecule has 14 heavy (non-hydrogen) atoms. The van der Waals surface area contributed by atoms with Crippen LogP contribution in [0.2, 0.25) is 5.15 Å². The van der Waals surface area contributed by atoms with E-state index in [1.165, 1.54) is 6.07 Å². The fourth-order valence-corrected chi connectivity index (χ4v) is 1.11. The number of aromatic nitrogens is 1. The zero-order chi connectivity index (χ0) is 10.7. The van der Waals surface area contributed by atoms with Crippen LogP contribution in [0.3, 0.4) is 0 Å². The van der Waals surface area contributed by atoms with E-state index in [2.05, 4.69) is 4.98 Å². The quantitative estimate of drug-likeness (QED) is 0.747. The molecule has 0 amide bonds. The highest BCUT2D eigenvalue weighted by Gasteiger charge is 2.14. The van der Waals surface area contributed by atoms with Gasteiger partial charge in [0, 0.05) is 6.07 Å². The lowest BCUT2D eigenvalue weighted by atomic mass is 10.3. The van der Waals surface area contributed by atoms with E-state index in [9.17, 15) is 4.79 Å². The van der Waals surface area contributed by atoms with Crippen molar-refractivity contribution >= 4 is 23.3 Å². The van der Waals surface area contributed by atoms with Crippen LogP contribution in [0.15, 0.2) is 6.07 Å². The average molecular weight is 217 g/mol. The third-order valence-corrected chi connectivity index (χ3v) is 1.75. The normalized spacial score (nSPS) is 9.86. The third-order valence-electron chi connectivity index (χ3n) is 1.48. The molecule has 0 aliphatic rings. The van der Waals surface area contributed by atoms with Crippen molar-refractivity contribution in [2.75, 3.05) is 12.3 Å². The summed E-state index contributed by atoms with van der Waals surface area (Å²) in [6.07, 6.45) is 0. The van der Waals surface area contributed by atoms with Gasteiger partial charge in [0.25, 0.3) is 0 Å². The van der Waals surface area contributed by atoms with Crippen LogP contribution < -0.4 is 10.5 Å². The number of pyridine rings is 1. The first-order chi connectivity index (χ1) is 6.56. The van der Waals surface area contributed by atoms with E-state index < -0.39 is 5.97 Å². The van der Waals surface area contributed by atoms with Crippen LogP contribution >= 0.6 is 11.6 Å². The van der Waals surface area contributed by atoms with Crippen LogP contribution in [0.25, 0.3) is 0 Å². The Morgan fingerprint density at radius 2 is 2.43 bits per heavy atom. The first kappa shape index (κ1) is 10.6. The Hall–Kier alpha value is -1.49. The van der Waals surface area contributed by atoms with Gasteiger partial charge in [0.1, 0.15) is 0 Å². The second-order valence-electron chi connectivity index (χ2n) is 2.45. The smallest absolute Gasteiger partial charge is 0.356 e. The number of rotatable bonds is 3. The summed E-state index contributed by atoms with van der Waals surface area (Å²) in [4.78, 5) is 14.2. The topological polar surface area (TPSA) is 85.4 Å². The Morgan fingerprint density at radius 3 is 2.93 bits per heavy atom. The highest BCUT2D eigenvalue weighted by Crippen LogP contribution is 2.26. The Morgan fingerprint density at radius 1 is 1.79 bits per heavy atom. The summed E-state index contributed by atoms with van der Waals surface area (Å²) in [5.74, 6) is -0.927. The van der Waals surface area contributed by atoms with Crippen molar-refractivity contribution in [3.63, 3.8) is 0 Å².